The number of hydrogen-bond donors (Lipinski definition) is 1. The van der Waals surface area contributed by atoms with E-state index in [-0.39, 0.29) is 17.8 Å². The maximum absolute atomic E-state index is 12.1. The monoisotopic (exact) mass is 271 g/mol. The summed E-state index contributed by atoms with van der Waals surface area (Å²) in [7, 11) is 1.89. The number of carbonyl (C=O) groups excluding carboxylic acids is 1. The molecule has 0 bridgehead atoms. The first kappa shape index (κ1) is 12.8. The maximum atomic E-state index is 12.1. The van der Waals surface area contributed by atoms with Crippen LogP contribution < -0.4 is 5.32 Å². The highest BCUT2D eigenvalue weighted by molar-refractivity contribution is 5.91. The molecule has 0 radical (unpaired) electrons. The Balaban J connectivity index is 1.80. The molecule has 0 atom stereocenters. The average Bonchev–Trinajstić information content (AvgIpc) is 3.10. The second-order valence-corrected chi connectivity index (χ2v) is 5.11. The van der Waals surface area contributed by atoms with Gasteiger partial charge in [0.15, 0.2) is 0 Å². The van der Waals surface area contributed by atoms with Gasteiger partial charge in [-0.1, -0.05) is 12.8 Å². The summed E-state index contributed by atoms with van der Waals surface area (Å²) in [6, 6.07) is 2.05. The van der Waals surface area contributed by atoms with Crippen molar-refractivity contribution in [1.82, 2.24) is 24.8 Å². The zero-order chi connectivity index (χ0) is 13.9. The molecular weight excluding hydrogens is 254 g/mol. The molecule has 6 nitrogen and oxygen atoms in total. The van der Waals surface area contributed by atoms with Crippen LogP contribution in [0.4, 0.5) is 0 Å². The number of hydrogen-bond acceptors (Lipinski definition) is 4. The van der Waals surface area contributed by atoms with Crippen molar-refractivity contribution >= 4 is 5.91 Å². The Bertz CT molecular complexity index is 616. The van der Waals surface area contributed by atoms with Gasteiger partial charge in [0, 0.05) is 19.3 Å². The lowest BCUT2D eigenvalue weighted by molar-refractivity contribution is 0.0927. The third kappa shape index (κ3) is 2.54. The minimum absolute atomic E-state index is 0.194. The van der Waals surface area contributed by atoms with Gasteiger partial charge in [-0.25, -0.2) is 15.0 Å². The maximum Gasteiger partial charge on any atom is 0.289 e. The second-order valence-electron chi connectivity index (χ2n) is 5.11. The summed E-state index contributed by atoms with van der Waals surface area (Å²) in [5, 5.41) is 3.00. The predicted molar refractivity (Wildman–Crippen MR) is 74.0 cm³/mol. The van der Waals surface area contributed by atoms with Gasteiger partial charge >= 0.3 is 0 Å². The quantitative estimate of drug-likeness (QED) is 0.919. The van der Waals surface area contributed by atoms with Crippen LogP contribution in [0, 0.1) is 0 Å². The smallest absolute Gasteiger partial charge is 0.289 e. The van der Waals surface area contributed by atoms with Crippen LogP contribution in [0.15, 0.2) is 24.8 Å². The first-order valence-electron chi connectivity index (χ1n) is 6.84. The number of rotatable bonds is 3. The summed E-state index contributed by atoms with van der Waals surface area (Å²) in [5.74, 6) is 0.0246. The molecule has 1 amide bonds. The SMILES string of the molecule is Cn1cncc1-c1ccnc(C(=O)NC2CCCC2)n1. The third-order valence-electron chi connectivity index (χ3n) is 3.63. The third-order valence-corrected chi connectivity index (χ3v) is 3.63. The van der Waals surface area contributed by atoms with Crippen molar-refractivity contribution in [2.24, 2.45) is 7.05 Å². The first-order chi connectivity index (χ1) is 9.74. The van der Waals surface area contributed by atoms with Gasteiger partial charge in [-0.15, -0.1) is 0 Å². The molecule has 2 aromatic rings. The van der Waals surface area contributed by atoms with Crippen LogP contribution in [0.3, 0.4) is 0 Å². The summed E-state index contributed by atoms with van der Waals surface area (Å²) in [4.78, 5) is 24.6. The van der Waals surface area contributed by atoms with Crippen molar-refractivity contribution in [2.45, 2.75) is 31.7 Å². The lowest BCUT2D eigenvalue weighted by atomic mass is 10.2. The molecule has 1 saturated carbocycles. The van der Waals surface area contributed by atoms with Crippen LogP contribution in [-0.2, 0) is 7.05 Å². The molecule has 2 heterocycles. The molecule has 0 spiro atoms. The van der Waals surface area contributed by atoms with E-state index in [0.717, 1.165) is 18.5 Å². The van der Waals surface area contributed by atoms with Crippen molar-refractivity contribution in [3.8, 4) is 11.4 Å². The molecule has 20 heavy (non-hydrogen) atoms. The van der Waals surface area contributed by atoms with Crippen LogP contribution in [-0.4, -0.2) is 31.5 Å². The molecule has 3 rings (SSSR count). The molecule has 0 unspecified atom stereocenters. The largest absolute Gasteiger partial charge is 0.347 e. The molecular formula is C14H17N5O. The van der Waals surface area contributed by atoms with Crippen molar-refractivity contribution in [2.75, 3.05) is 0 Å². The zero-order valence-electron chi connectivity index (χ0n) is 11.4. The summed E-state index contributed by atoms with van der Waals surface area (Å²) < 4.78 is 1.86. The Morgan fingerprint density at radius 3 is 2.90 bits per heavy atom. The van der Waals surface area contributed by atoms with Crippen LogP contribution in [0.5, 0.6) is 0 Å². The van der Waals surface area contributed by atoms with Gasteiger partial charge in [0.05, 0.1) is 23.9 Å². The summed E-state index contributed by atoms with van der Waals surface area (Å²) in [5.41, 5.74) is 1.57. The van der Waals surface area contributed by atoms with Crippen LogP contribution in [0.1, 0.15) is 36.3 Å². The number of carbonyl (C=O) groups is 1. The highest BCUT2D eigenvalue weighted by Gasteiger charge is 2.19. The van der Waals surface area contributed by atoms with Crippen molar-refractivity contribution in [3.05, 3.63) is 30.6 Å². The van der Waals surface area contributed by atoms with E-state index in [1.165, 1.54) is 12.8 Å². The predicted octanol–water partition coefficient (Wildman–Crippen LogP) is 1.55. The van der Waals surface area contributed by atoms with Crippen molar-refractivity contribution in [3.63, 3.8) is 0 Å². The fourth-order valence-corrected chi connectivity index (χ4v) is 2.53. The van der Waals surface area contributed by atoms with Crippen molar-refractivity contribution in [1.29, 1.82) is 0 Å². The number of aromatic nitrogens is 4. The first-order valence-corrected chi connectivity index (χ1v) is 6.84. The number of aryl methyl sites for hydroxylation is 1. The minimum atomic E-state index is -0.194. The van der Waals surface area contributed by atoms with Gasteiger partial charge in [0.25, 0.3) is 5.91 Å². The number of nitrogens with zero attached hydrogens (tertiary/aromatic N) is 4. The molecule has 6 heteroatoms. The molecule has 1 aliphatic carbocycles. The van der Waals surface area contributed by atoms with E-state index in [1.807, 2.05) is 11.6 Å². The van der Waals surface area contributed by atoms with Crippen LogP contribution >= 0.6 is 0 Å². The molecule has 2 aromatic heterocycles. The normalized spacial score (nSPS) is 15.4. The zero-order valence-corrected chi connectivity index (χ0v) is 11.4. The molecule has 104 valence electrons. The van der Waals surface area contributed by atoms with Gasteiger partial charge in [-0.2, -0.15) is 0 Å². The number of amides is 1. The Morgan fingerprint density at radius 2 is 2.20 bits per heavy atom. The molecule has 1 N–H and O–H groups in total. The number of nitrogens with one attached hydrogen (secondary N) is 1. The number of imidazole rings is 1. The molecule has 0 aromatic carbocycles. The molecule has 0 aliphatic heterocycles. The molecule has 1 aliphatic rings. The van der Waals surface area contributed by atoms with Gasteiger partial charge in [-0.3, -0.25) is 4.79 Å². The van der Waals surface area contributed by atoms with Gasteiger partial charge < -0.3 is 9.88 Å². The molecule has 0 saturated heterocycles. The minimum Gasteiger partial charge on any atom is -0.347 e. The van der Waals surface area contributed by atoms with Gasteiger partial charge in [-0.05, 0) is 18.9 Å². The molecule has 1 fully saturated rings. The summed E-state index contributed by atoms with van der Waals surface area (Å²) >= 11 is 0. The van der Waals surface area contributed by atoms with Crippen LogP contribution in [0.25, 0.3) is 11.4 Å². The highest BCUT2D eigenvalue weighted by atomic mass is 16.2. The average molecular weight is 271 g/mol. The lowest BCUT2D eigenvalue weighted by Gasteiger charge is -2.11. The Labute approximate surface area is 117 Å². The summed E-state index contributed by atoms with van der Waals surface area (Å²) in [6.07, 6.45) is 9.50. The fourth-order valence-electron chi connectivity index (χ4n) is 2.53. The topological polar surface area (TPSA) is 72.7 Å². The van der Waals surface area contributed by atoms with E-state index in [4.69, 9.17) is 0 Å². The lowest BCUT2D eigenvalue weighted by Crippen LogP contribution is -2.33. The van der Waals surface area contributed by atoms with E-state index >= 15 is 0 Å². The van der Waals surface area contributed by atoms with E-state index in [0.29, 0.717) is 5.69 Å². The fraction of sp³-hybridized carbons (Fsp3) is 0.429. The van der Waals surface area contributed by atoms with Gasteiger partial charge in [0.2, 0.25) is 5.82 Å². The van der Waals surface area contributed by atoms with E-state index in [9.17, 15) is 4.79 Å². The Kier molecular flexibility index (Phi) is 3.45. The highest BCUT2D eigenvalue weighted by Crippen LogP contribution is 2.18. The van der Waals surface area contributed by atoms with Gasteiger partial charge in [0.1, 0.15) is 0 Å². The van der Waals surface area contributed by atoms with E-state index in [2.05, 4.69) is 20.3 Å². The Hall–Kier alpha value is -2.24. The van der Waals surface area contributed by atoms with Crippen molar-refractivity contribution < 1.29 is 4.79 Å². The second kappa shape index (κ2) is 5.40. The standard InChI is InChI=1S/C14H17N5O/c1-19-9-15-8-12(19)11-6-7-16-13(18-11)14(20)17-10-4-2-3-5-10/h6-10H,2-5H2,1H3,(H,17,20). The van der Waals surface area contributed by atoms with Crippen LogP contribution in [0.2, 0.25) is 0 Å². The summed E-state index contributed by atoms with van der Waals surface area (Å²) in [6.45, 7) is 0. The Morgan fingerprint density at radius 1 is 1.40 bits per heavy atom. The van der Waals surface area contributed by atoms with E-state index in [1.54, 1.807) is 24.8 Å². The van der Waals surface area contributed by atoms with E-state index < -0.39 is 0 Å².